The molecule has 318 valence electrons. The van der Waals surface area contributed by atoms with Crippen LogP contribution in [-0.4, -0.2) is 98.0 Å². The highest BCUT2D eigenvalue weighted by Gasteiger charge is 2.42. The van der Waals surface area contributed by atoms with Gasteiger partial charge in [-0.25, -0.2) is 9.37 Å². The first-order valence-electron chi connectivity index (χ1n) is 19.5. The fourth-order valence-corrected chi connectivity index (χ4v) is 10.3. The van der Waals surface area contributed by atoms with E-state index in [4.69, 9.17) is 0 Å². The standard InChI is InChI=1S/C42H51N3O11S3/c1-41(2)33-12-5-6-13-35(33)44(22-8-26-57(48,49)50)37(41)18-14-29-10-7-11-30(39(29)43-24-20-31(21-25-43)40(46)47)15-19-38-42(3,4)34-28-32(59(54,55)56)16-17-36(34)45(38)23-9-27-58(51,52)53/h5-6,12-20,28H,7-11,21-27H2,1-4H3,(H3-,46,47,48,49,50,51,52,53,54,55,56)/p+1. The van der Waals surface area contributed by atoms with Crippen molar-refractivity contribution in [3.8, 4) is 0 Å². The van der Waals surface area contributed by atoms with Crippen molar-refractivity contribution in [2.75, 3.05) is 47.5 Å². The van der Waals surface area contributed by atoms with Crippen LogP contribution in [0.5, 0.6) is 0 Å². The molecule has 14 nitrogen and oxygen atoms in total. The van der Waals surface area contributed by atoms with Crippen molar-refractivity contribution < 1.29 is 53.4 Å². The predicted molar refractivity (Wildman–Crippen MR) is 227 cm³/mol. The molecule has 2 aromatic carbocycles. The molecule has 6 rings (SSSR count). The molecule has 4 N–H and O–H groups in total. The Kier molecular flexibility index (Phi) is 12.4. The number of allylic oxidation sites excluding steroid dienone is 8. The van der Waals surface area contributed by atoms with E-state index >= 15 is 0 Å². The van der Waals surface area contributed by atoms with Crippen LogP contribution in [0, 0.1) is 0 Å². The summed E-state index contributed by atoms with van der Waals surface area (Å²) >= 11 is 0. The minimum atomic E-state index is -4.52. The number of carboxylic acids is 1. The Morgan fingerprint density at radius 1 is 0.729 bits per heavy atom. The fraction of sp³-hybridized carbons (Fsp3) is 0.429. The van der Waals surface area contributed by atoms with Gasteiger partial charge in [0.25, 0.3) is 30.4 Å². The summed E-state index contributed by atoms with van der Waals surface area (Å²) in [6.07, 6.45) is 12.7. The topological polar surface area (TPSA) is 210 Å². The smallest absolute Gasteiger partial charge is 0.331 e. The third-order valence-corrected chi connectivity index (χ3v) is 14.2. The molecule has 1 fully saturated rings. The second-order valence-electron chi connectivity index (χ2n) is 16.4. The van der Waals surface area contributed by atoms with Gasteiger partial charge in [-0.2, -0.15) is 25.3 Å². The van der Waals surface area contributed by atoms with Gasteiger partial charge in [-0.1, -0.05) is 58.0 Å². The van der Waals surface area contributed by atoms with Crippen LogP contribution in [0.3, 0.4) is 0 Å². The number of benzene rings is 2. The van der Waals surface area contributed by atoms with Gasteiger partial charge in [0, 0.05) is 69.8 Å². The van der Waals surface area contributed by atoms with Gasteiger partial charge in [0.15, 0.2) is 6.54 Å². The first kappa shape index (κ1) is 44.2. The number of rotatable bonds is 12. The number of nitrogens with zero attached hydrogens (tertiary/aromatic N) is 3. The van der Waals surface area contributed by atoms with Gasteiger partial charge in [-0.3, -0.25) is 13.7 Å². The Bertz CT molecular complexity index is 2580. The molecule has 0 bridgehead atoms. The van der Waals surface area contributed by atoms with Crippen LogP contribution >= 0.6 is 0 Å². The SMILES string of the molecule is CC1(C)C(=CC=C2CCC/C(=C\C=C3/N(CCCS(=O)(=O)O)c4ccc(S(=O)(=O)O)cc4C3(C)C)C2=[N+]2CC=C(C(=O)O)CC2)N(CCCS(=O)(=O)O)c2ccccc21. The molecule has 3 aliphatic heterocycles. The van der Waals surface area contributed by atoms with Crippen molar-refractivity contribution in [1.82, 2.24) is 0 Å². The van der Waals surface area contributed by atoms with Crippen LogP contribution < -0.4 is 9.80 Å². The number of carbonyl (C=O) groups is 1. The van der Waals surface area contributed by atoms with Crippen LogP contribution in [-0.2, 0) is 46.0 Å². The maximum atomic E-state index is 12.2. The first-order valence-corrected chi connectivity index (χ1v) is 24.2. The summed E-state index contributed by atoms with van der Waals surface area (Å²) < 4.78 is 102. The molecule has 2 aromatic rings. The van der Waals surface area contributed by atoms with Gasteiger partial charge >= 0.3 is 5.97 Å². The molecule has 0 spiro atoms. The number of fused-ring (bicyclic) bond motifs is 2. The molecule has 3 heterocycles. The van der Waals surface area contributed by atoms with E-state index in [9.17, 15) is 48.8 Å². The van der Waals surface area contributed by atoms with Crippen LogP contribution in [0.25, 0.3) is 0 Å². The Hall–Kier alpha value is -4.39. The minimum absolute atomic E-state index is 0.0836. The monoisotopic (exact) mass is 870 g/mol. The molecule has 17 heteroatoms. The number of aliphatic carboxylic acids is 1. The van der Waals surface area contributed by atoms with Crippen LogP contribution in [0.4, 0.5) is 11.4 Å². The quantitative estimate of drug-likeness (QED) is 0.142. The van der Waals surface area contributed by atoms with Gasteiger partial charge < -0.3 is 14.9 Å². The summed E-state index contributed by atoms with van der Waals surface area (Å²) in [4.78, 5) is 15.6. The third-order valence-electron chi connectivity index (χ3n) is 11.7. The first-order chi connectivity index (χ1) is 27.5. The maximum absolute atomic E-state index is 12.2. The highest BCUT2D eigenvalue weighted by molar-refractivity contribution is 7.86. The molecular formula is C42H52N3O11S3+. The largest absolute Gasteiger partial charge is 0.478 e. The summed E-state index contributed by atoms with van der Waals surface area (Å²) in [5, 5.41) is 9.74. The molecule has 59 heavy (non-hydrogen) atoms. The van der Waals surface area contributed by atoms with E-state index in [2.05, 4.69) is 41.5 Å². The summed E-state index contributed by atoms with van der Waals surface area (Å²) in [6.45, 7) is 9.46. The Morgan fingerprint density at radius 3 is 1.75 bits per heavy atom. The Balaban J connectivity index is 1.46. The summed E-state index contributed by atoms with van der Waals surface area (Å²) in [5.41, 5.74) is 7.10. The maximum Gasteiger partial charge on any atom is 0.331 e. The molecule has 1 saturated carbocycles. The Morgan fingerprint density at radius 2 is 1.25 bits per heavy atom. The molecular weight excluding hydrogens is 819 g/mol. The lowest BCUT2D eigenvalue weighted by atomic mass is 9.82. The van der Waals surface area contributed by atoms with Crippen molar-refractivity contribution in [3.63, 3.8) is 0 Å². The van der Waals surface area contributed by atoms with Crippen molar-refractivity contribution in [2.45, 2.75) is 81.9 Å². The van der Waals surface area contributed by atoms with Crippen molar-refractivity contribution >= 4 is 53.4 Å². The highest BCUT2D eigenvalue weighted by Crippen LogP contribution is 2.49. The van der Waals surface area contributed by atoms with Gasteiger partial charge in [-0.05, 0) is 85.7 Å². The zero-order chi connectivity index (χ0) is 43.1. The van der Waals surface area contributed by atoms with E-state index in [0.29, 0.717) is 49.3 Å². The van der Waals surface area contributed by atoms with Crippen molar-refractivity contribution in [3.05, 3.63) is 112 Å². The van der Waals surface area contributed by atoms with E-state index in [-0.39, 0.29) is 30.0 Å². The zero-order valence-electron chi connectivity index (χ0n) is 33.6. The highest BCUT2D eigenvalue weighted by atomic mass is 32.2. The van der Waals surface area contributed by atoms with Crippen molar-refractivity contribution in [2.24, 2.45) is 0 Å². The lowest BCUT2D eigenvalue weighted by molar-refractivity contribution is -0.519. The van der Waals surface area contributed by atoms with E-state index in [1.54, 1.807) is 12.1 Å². The van der Waals surface area contributed by atoms with Gasteiger partial charge in [0.1, 0.15) is 6.54 Å². The summed E-state index contributed by atoms with van der Waals surface area (Å²) in [5.74, 6) is -1.80. The molecule has 0 aromatic heterocycles. The number of para-hydroxylation sites is 1. The summed E-state index contributed by atoms with van der Waals surface area (Å²) in [6, 6.07) is 12.3. The molecule has 1 aliphatic carbocycles. The second-order valence-corrected chi connectivity index (χ2v) is 21.0. The van der Waals surface area contributed by atoms with E-state index in [1.165, 1.54) is 12.1 Å². The van der Waals surface area contributed by atoms with Gasteiger partial charge in [-0.15, -0.1) is 0 Å². The molecule has 0 amide bonds. The Labute approximate surface area is 346 Å². The number of hydrogen-bond donors (Lipinski definition) is 4. The van der Waals surface area contributed by atoms with Crippen molar-refractivity contribution in [1.29, 1.82) is 0 Å². The predicted octanol–water partition coefficient (Wildman–Crippen LogP) is 6.06. The minimum Gasteiger partial charge on any atom is -0.478 e. The lowest BCUT2D eigenvalue weighted by Gasteiger charge is -2.28. The van der Waals surface area contributed by atoms with Gasteiger partial charge in [0.2, 0.25) is 5.71 Å². The fourth-order valence-electron chi connectivity index (χ4n) is 8.82. The molecule has 0 unspecified atom stereocenters. The number of anilines is 2. The molecule has 0 atom stereocenters. The van der Waals surface area contributed by atoms with Crippen LogP contribution in [0.15, 0.2) is 106 Å². The van der Waals surface area contributed by atoms with Crippen LogP contribution in [0.1, 0.15) is 77.3 Å². The number of hydrogen-bond acceptors (Lipinski definition) is 9. The normalized spacial score (nSPS) is 23.3. The lowest BCUT2D eigenvalue weighted by Crippen LogP contribution is -2.32. The van der Waals surface area contributed by atoms with Gasteiger partial charge in [0.05, 0.1) is 16.4 Å². The summed E-state index contributed by atoms with van der Waals surface area (Å²) in [7, 11) is -12.9. The average Bonchev–Trinajstić information content (AvgIpc) is 3.49. The van der Waals surface area contributed by atoms with E-state index < -0.39 is 52.9 Å². The van der Waals surface area contributed by atoms with Crippen LogP contribution in [0.2, 0.25) is 0 Å². The molecule has 4 aliphatic rings. The number of carboxylic acid groups (broad SMARTS) is 1. The van der Waals surface area contributed by atoms with E-state index in [0.717, 1.165) is 52.3 Å². The van der Waals surface area contributed by atoms with E-state index in [1.807, 2.05) is 49.1 Å². The molecule has 0 saturated heterocycles. The average molecular weight is 871 g/mol. The zero-order valence-corrected chi connectivity index (χ0v) is 36.1. The second kappa shape index (κ2) is 16.6. The third kappa shape index (κ3) is 9.66. The molecule has 0 radical (unpaired) electrons.